The van der Waals surface area contributed by atoms with Gasteiger partial charge in [-0.15, -0.1) is 0 Å². The second kappa shape index (κ2) is 4.86. The number of hydrogen-bond donors (Lipinski definition) is 0. The van der Waals surface area contributed by atoms with Gasteiger partial charge in [0.15, 0.2) is 11.5 Å². The van der Waals surface area contributed by atoms with E-state index in [1.807, 2.05) is 0 Å². The number of carbonyl (C=O) groups excluding carboxylic acids is 2. The molecule has 1 aromatic rings. The van der Waals surface area contributed by atoms with Crippen molar-refractivity contribution < 1.29 is 23.8 Å². The van der Waals surface area contributed by atoms with Crippen molar-refractivity contribution in [2.45, 2.75) is 12.8 Å². The number of benzene rings is 1. The van der Waals surface area contributed by atoms with E-state index in [9.17, 15) is 9.59 Å². The number of rotatable bonds is 4. The fourth-order valence-electron chi connectivity index (χ4n) is 1.66. The number of hydrogen-bond acceptors (Lipinski definition) is 5. The van der Waals surface area contributed by atoms with Gasteiger partial charge in [-0.2, -0.15) is 0 Å². The van der Waals surface area contributed by atoms with E-state index in [0.29, 0.717) is 23.5 Å². The molecule has 0 aromatic heterocycles. The maximum Gasteiger partial charge on any atom is 0.305 e. The minimum atomic E-state index is -0.306. The van der Waals surface area contributed by atoms with E-state index in [4.69, 9.17) is 9.47 Å². The van der Waals surface area contributed by atoms with Crippen LogP contribution in [-0.4, -0.2) is 26.2 Å². The fourth-order valence-corrected chi connectivity index (χ4v) is 1.66. The Morgan fingerprint density at radius 2 is 2.12 bits per heavy atom. The summed E-state index contributed by atoms with van der Waals surface area (Å²) in [5.74, 6) is 0.865. The molecule has 0 atom stereocenters. The number of esters is 1. The van der Waals surface area contributed by atoms with E-state index in [1.54, 1.807) is 12.1 Å². The van der Waals surface area contributed by atoms with Crippen molar-refractivity contribution in [3.8, 4) is 11.5 Å². The first kappa shape index (κ1) is 11.4. The highest BCUT2D eigenvalue weighted by atomic mass is 16.7. The molecule has 1 heterocycles. The molecule has 0 amide bonds. The van der Waals surface area contributed by atoms with Gasteiger partial charge in [0.1, 0.15) is 6.29 Å². The van der Waals surface area contributed by atoms with Crippen molar-refractivity contribution in [2.24, 2.45) is 0 Å². The third-order valence-electron chi connectivity index (χ3n) is 2.59. The van der Waals surface area contributed by atoms with Crippen LogP contribution in [0.5, 0.6) is 11.5 Å². The van der Waals surface area contributed by atoms with Crippen LogP contribution in [0, 0.1) is 0 Å². The van der Waals surface area contributed by atoms with Crippen LogP contribution in [-0.2, 0) is 16.0 Å². The summed E-state index contributed by atoms with van der Waals surface area (Å²) >= 11 is 0. The molecule has 90 valence electrons. The summed E-state index contributed by atoms with van der Waals surface area (Å²) < 4.78 is 14.9. The number of aryl methyl sites for hydroxylation is 1. The van der Waals surface area contributed by atoms with E-state index >= 15 is 0 Å². The van der Waals surface area contributed by atoms with Gasteiger partial charge < -0.3 is 14.2 Å². The van der Waals surface area contributed by atoms with E-state index < -0.39 is 0 Å². The van der Waals surface area contributed by atoms with Crippen LogP contribution < -0.4 is 9.47 Å². The lowest BCUT2D eigenvalue weighted by Gasteiger charge is -2.05. The molecule has 0 bridgehead atoms. The average molecular weight is 236 g/mol. The number of carbonyl (C=O) groups is 2. The van der Waals surface area contributed by atoms with Gasteiger partial charge in [0.05, 0.1) is 7.11 Å². The van der Waals surface area contributed by atoms with Crippen LogP contribution in [0.15, 0.2) is 12.1 Å². The molecule has 17 heavy (non-hydrogen) atoms. The Morgan fingerprint density at radius 3 is 2.76 bits per heavy atom. The van der Waals surface area contributed by atoms with Crippen molar-refractivity contribution in [2.75, 3.05) is 13.9 Å². The Labute approximate surface area is 98.3 Å². The number of methoxy groups -OCH3 is 1. The van der Waals surface area contributed by atoms with Gasteiger partial charge >= 0.3 is 5.97 Å². The first-order valence-electron chi connectivity index (χ1n) is 5.19. The first-order valence-corrected chi connectivity index (χ1v) is 5.19. The fraction of sp³-hybridized carbons (Fsp3) is 0.333. The maximum atomic E-state index is 11.1. The van der Waals surface area contributed by atoms with Crippen molar-refractivity contribution >= 4 is 12.3 Å². The zero-order chi connectivity index (χ0) is 12.3. The molecule has 2 rings (SSSR count). The van der Waals surface area contributed by atoms with Gasteiger partial charge in [0.2, 0.25) is 6.79 Å². The maximum absolute atomic E-state index is 11.1. The predicted molar refractivity (Wildman–Crippen MR) is 58.3 cm³/mol. The Morgan fingerprint density at radius 1 is 1.41 bits per heavy atom. The third kappa shape index (κ3) is 2.38. The van der Waals surface area contributed by atoms with Gasteiger partial charge in [-0.05, 0) is 24.1 Å². The summed E-state index contributed by atoms with van der Waals surface area (Å²) in [6.45, 7) is 0.161. The van der Waals surface area contributed by atoms with Crippen LogP contribution in [0.2, 0.25) is 0 Å². The van der Waals surface area contributed by atoms with Crippen LogP contribution in [0.3, 0.4) is 0 Å². The Kier molecular flexibility index (Phi) is 3.27. The summed E-state index contributed by atoms with van der Waals surface area (Å²) in [6, 6.07) is 3.36. The summed E-state index contributed by atoms with van der Waals surface area (Å²) in [4.78, 5) is 22.0. The van der Waals surface area contributed by atoms with Gasteiger partial charge in [-0.25, -0.2) is 0 Å². The molecule has 5 heteroatoms. The highest BCUT2D eigenvalue weighted by Crippen LogP contribution is 2.34. The minimum absolute atomic E-state index is 0.161. The molecule has 0 fully saturated rings. The lowest BCUT2D eigenvalue weighted by molar-refractivity contribution is -0.140. The molecular formula is C12H12O5. The predicted octanol–water partition coefficient (Wildman–Crippen LogP) is 1.33. The van der Waals surface area contributed by atoms with Crippen molar-refractivity contribution in [3.05, 3.63) is 23.3 Å². The molecule has 1 aliphatic heterocycles. The molecule has 0 radical (unpaired) electrons. The normalized spacial score (nSPS) is 12.3. The van der Waals surface area contributed by atoms with Gasteiger partial charge in [0.25, 0.3) is 0 Å². The SMILES string of the molecule is COC(=O)CCc1cc2c(cc1C=O)OCO2. The van der Waals surface area contributed by atoms with Crippen LogP contribution in [0.1, 0.15) is 22.3 Å². The van der Waals surface area contributed by atoms with Crippen molar-refractivity contribution in [1.82, 2.24) is 0 Å². The second-order valence-electron chi connectivity index (χ2n) is 3.60. The second-order valence-corrected chi connectivity index (χ2v) is 3.60. The highest BCUT2D eigenvalue weighted by molar-refractivity contribution is 5.80. The quantitative estimate of drug-likeness (QED) is 0.583. The van der Waals surface area contributed by atoms with Gasteiger partial charge in [0, 0.05) is 12.0 Å². The van der Waals surface area contributed by atoms with Crippen molar-refractivity contribution in [3.63, 3.8) is 0 Å². The number of aldehydes is 1. The van der Waals surface area contributed by atoms with Crippen LogP contribution >= 0.6 is 0 Å². The zero-order valence-corrected chi connectivity index (χ0v) is 9.39. The molecule has 0 N–H and O–H groups in total. The Hall–Kier alpha value is -2.04. The molecule has 0 unspecified atom stereocenters. The summed E-state index contributed by atoms with van der Waals surface area (Å²) in [5.41, 5.74) is 1.27. The summed E-state index contributed by atoms with van der Waals surface area (Å²) in [5, 5.41) is 0. The van der Waals surface area contributed by atoms with E-state index in [1.165, 1.54) is 7.11 Å². The zero-order valence-electron chi connectivity index (χ0n) is 9.39. The number of fused-ring (bicyclic) bond motifs is 1. The molecular weight excluding hydrogens is 224 g/mol. The Balaban J connectivity index is 2.20. The molecule has 0 aliphatic carbocycles. The van der Waals surface area contributed by atoms with E-state index in [0.717, 1.165) is 11.8 Å². The highest BCUT2D eigenvalue weighted by Gasteiger charge is 2.17. The molecule has 0 saturated heterocycles. The van der Waals surface area contributed by atoms with E-state index in [2.05, 4.69) is 4.74 Å². The summed E-state index contributed by atoms with van der Waals surface area (Å²) in [6.07, 6.45) is 1.42. The third-order valence-corrected chi connectivity index (χ3v) is 2.59. The average Bonchev–Trinajstić information content (AvgIpc) is 2.81. The van der Waals surface area contributed by atoms with Gasteiger partial charge in [-0.1, -0.05) is 0 Å². The van der Waals surface area contributed by atoms with E-state index in [-0.39, 0.29) is 19.2 Å². The smallest absolute Gasteiger partial charge is 0.305 e. The standard InChI is InChI=1S/C12H12O5/c1-15-12(14)3-2-8-4-10-11(17-7-16-10)5-9(8)6-13/h4-6H,2-3,7H2,1H3. The topological polar surface area (TPSA) is 61.8 Å². The molecule has 5 nitrogen and oxygen atoms in total. The van der Waals surface area contributed by atoms with Crippen LogP contribution in [0.4, 0.5) is 0 Å². The molecule has 1 aromatic carbocycles. The minimum Gasteiger partial charge on any atom is -0.469 e. The van der Waals surface area contributed by atoms with Crippen molar-refractivity contribution in [1.29, 1.82) is 0 Å². The van der Waals surface area contributed by atoms with Crippen LogP contribution in [0.25, 0.3) is 0 Å². The molecule has 0 spiro atoms. The largest absolute Gasteiger partial charge is 0.469 e. The lowest BCUT2D eigenvalue weighted by atomic mass is 10.0. The van der Waals surface area contributed by atoms with Gasteiger partial charge in [-0.3, -0.25) is 9.59 Å². The monoisotopic (exact) mass is 236 g/mol. The molecule has 0 saturated carbocycles. The summed E-state index contributed by atoms with van der Waals surface area (Å²) in [7, 11) is 1.34. The molecule has 1 aliphatic rings. The Bertz CT molecular complexity index is 452. The number of ether oxygens (including phenoxy) is 3. The first-order chi connectivity index (χ1) is 8.24. The lowest BCUT2D eigenvalue weighted by Crippen LogP contribution is -2.03.